The maximum absolute atomic E-state index is 13.1. The van der Waals surface area contributed by atoms with Crippen LogP contribution in [0.4, 0.5) is 17.5 Å². The summed E-state index contributed by atoms with van der Waals surface area (Å²) in [6.07, 6.45) is 10.6. The average Bonchev–Trinajstić information content (AvgIpc) is 3.61. The van der Waals surface area contributed by atoms with Crippen molar-refractivity contribution < 1.29 is 28.7 Å². The number of hydrogen-bond donors (Lipinski definition) is 4. The second kappa shape index (κ2) is 19.8. The van der Waals surface area contributed by atoms with Gasteiger partial charge in [0, 0.05) is 66.4 Å². The fraction of sp³-hybridized carbons (Fsp3) is 0.500. The van der Waals surface area contributed by atoms with E-state index in [0.29, 0.717) is 58.5 Å². The Hall–Kier alpha value is -5.29. The van der Waals surface area contributed by atoms with Crippen molar-refractivity contribution in [2.75, 3.05) is 50.1 Å². The first-order valence-electron chi connectivity index (χ1n) is 22.3. The van der Waals surface area contributed by atoms with E-state index in [1.165, 1.54) is 26.3 Å². The minimum absolute atomic E-state index is 0.107. The highest BCUT2D eigenvalue weighted by Gasteiger charge is 2.40. The van der Waals surface area contributed by atoms with Crippen LogP contribution in [0.25, 0.3) is 10.9 Å². The van der Waals surface area contributed by atoms with Gasteiger partial charge in [-0.15, -0.1) is 0 Å². The summed E-state index contributed by atoms with van der Waals surface area (Å²) in [5.41, 5.74) is 3.70. The van der Waals surface area contributed by atoms with Crippen LogP contribution in [-0.4, -0.2) is 101 Å². The van der Waals surface area contributed by atoms with E-state index in [2.05, 4.69) is 31.2 Å². The number of ether oxygens (including phenoxy) is 2. The molecule has 1 unspecified atom stereocenters. The Balaban J connectivity index is 0.000000192. The Morgan fingerprint density at radius 3 is 2.39 bits per heavy atom. The number of piperidine rings is 3. The second-order valence-corrected chi connectivity index (χ2v) is 18.1. The highest BCUT2D eigenvalue weighted by molar-refractivity contribution is 6.33. The molecule has 5 aliphatic rings. The van der Waals surface area contributed by atoms with Crippen LogP contribution in [0.1, 0.15) is 105 Å². The molecule has 6 heterocycles. The maximum Gasteiger partial charge on any atom is 0.293 e. The third kappa shape index (κ3) is 9.84. The molecule has 0 spiro atoms. The first-order valence-corrected chi connectivity index (χ1v) is 23.0. The number of rotatable bonds is 11. The van der Waals surface area contributed by atoms with Gasteiger partial charge in [-0.25, -0.2) is 4.98 Å². The Morgan fingerprint density at radius 2 is 1.70 bits per heavy atom. The van der Waals surface area contributed by atoms with Gasteiger partial charge in [-0.1, -0.05) is 29.3 Å². The Kier molecular flexibility index (Phi) is 14.0. The minimum atomic E-state index is -0.601. The number of imide groups is 1. The number of fused-ring (bicyclic) bond motifs is 2. The van der Waals surface area contributed by atoms with Gasteiger partial charge in [-0.3, -0.25) is 29.3 Å². The van der Waals surface area contributed by atoms with Crippen LogP contribution in [0.5, 0.6) is 5.75 Å². The number of pyridine rings is 1. The topological polar surface area (TPSA) is 189 Å². The summed E-state index contributed by atoms with van der Waals surface area (Å²) in [5.74, 6) is 0.477. The molecule has 4 aromatic rings. The number of carbonyl (C=O) groups is 4. The van der Waals surface area contributed by atoms with Crippen LogP contribution in [0, 0.1) is 0 Å². The fourth-order valence-electron chi connectivity index (χ4n) is 9.01. The van der Waals surface area contributed by atoms with Crippen LogP contribution in [0.3, 0.4) is 0 Å². The van der Waals surface area contributed by atoms with Crippen molar-refractivity contribution in [2.45, 2.75) is 108 Å². The number of nitrogens with one attached hydrogen (secondary N) is 4. The number of anilines is 3. The number of aromatic nitrogens is 3. The number of halogens is 2. The molecule has 9 rings (SSSR count). The van der Waals surface area contributed by atoms with E-state index in [0.717, 1.165) is 79.6 Å². The zero-order valence-corrected chi connectivity index (χ0v) is 37.9. The van der Waals surface area contributed by atoms with Crippen molar-refractivity contribution in [1.29, 1.82) is 0 Å². The number of amides is 4. The molecule has 4 aliphatic heterocycles. The van der Waals surface area contributed by atoms with E-state index in [9.17, 15) is 24.0 Å². The molecular formula is C46H55Cl2N9O7. The van der Waals surface area contributed by atoms with Gasteiger partial charge in [-0.2, -0.15) is 4.98 Å². The monoisotopic (exact) mass is 915 g/mol. The first-order chi connectivity index (χ1) is 30.9. The van der Waals surface area contributed by atoms with E-state index in [4.69, 9.17) is 37.7 Å². The van der Waals surface area contributed by atoms with Crippen LogP contribution >= 0.6 is 23.2 Å². The van der Waals surface area contributed by atoms with E-state index >= 15 is 0 Å². The van der Waals surface area contributed by atoms with E-state index in [-0.39, 0.29) is 48.1 Å². The maximum atomic E-state index is 13.1. The lowest BCUT2D eigenvalue weighted by Crippen LogP contribution is -2.52. The fourth-order valence-corrected chi connectivity index (χ4v) is 9.52. The van der Waals surface area contributed by atoms with Gasteiger partial charge in [0.2, 0.25) is 17.8 Å². The summed E-state index contributed by atoms with van der Waals surface area (Å²) in [6, 6.07) is 10.4. The van der Waals surface area contributed by atoms with Gasteiger partial charge in [0.25, 0.3) is 17.4 Å². The number of carbonyl (C=O) groups excluding carboxylic acids is 4. The van der Waals surface area contributed by atoms with Crippen molar-refractivity contribution in [1.82, 2.24) is 35.4 Å². The molecule has 2 aromatic heterocycles. The molecule has 0 bridgehead atoms. The highest BCUT2D eigenvalue weighted by Crippen LogP contribution is 2.39. The van der Waals surface area contributed by atoms with Gasteiger partial charge < -0.3 is 39.8 Å². The van der Waals surface area contributed by atoms with Crippen molar-refractivity contribution in [3.8, 4) is 5.75 Å². The Bertz CT molecular complexity index is 2480. The highest BCUT2D eigenvalue weighted by atomic mass is 35.5. The summed E-state index contributed by atoms with van der Waals surface area (Å²) in [4.78, 5) is 73.9. The third-order valence-corrected chi connectivity index (χ3v) is 13.5. The molecule has 64 heavy (non-hydrogen) atoms. The normalized spacial score (nSPS) is 19.5. The van der Waals surface area contributed by atoms with Crippen molar-refractivity contribution in [3.63, 3.8) is 0 Å². The lowest BCUT2D eigenvalue weighted by molar-refractivity contribution is -0.137. The van der Waals surface area contributed by atoms with Crippen LogP contribution in [-0.2, 0) is 25.7 Å². The van der Waals surface area contributed by atoms with Gasteiger partial charge in [-0.05, 0) is 120 Å². The molecule has 340 valence electrons. The summed E-state index contributed by atoms with van der Waals surface area (Å²) in [6.45, 7) is 7.56. The molecule has 1 saturated carbocycles. The molecule has 4 fully saturated rings. The zero-order chi connectivity index (χ0) is 45.1. The summed E-state index contributed by atoms with van der Waals surface area (Å²) in [5, 5.41) is 13.3. The Labute approximate surface area is 381 Å². The van der Waals surface area contributed by atoms with Gasteiger partial charge in [0.15, 0.2) is 18.2 Å². The lowest BCUT2D eigenvalue weighted by Gasteiger charge is -2.36. The molecule has 1 aliphatic carbocycles. The summed E-state index contributed by atoms with van der Waals surface area (Å²) >= 11 is 13.1. The number of nitrogens with zero attached hydrogens (tertiary/aromatic N) is 5. The molecule has 4 N–H and O–H groups in total. The Morgan fingerprint density at radius 1 is 0.953 bits per heavy atom. The predicted molar refractivity (Wildman–Crippen MR) is 245 cm³/mol. The average molecular weight is 917 g/mol. The number of hydrogen-bond acceptors (Lipinski definition) is 12. The lowest BCUT2D eigenvalue weighted by atomic mass is 9.88. The van der Waals surface area contributed by atoms with Gasteiger partial charge in [0.1, 0.15) is 11.1 Å². The van der Waals surface area contributed by atoms with Gasteiger partial charge >= 0.3 is 0 Å². The molecule has 18 heteroatoms. The van der Waals surface area contributed by atoms with Crippen LogP contribution < -0.4 is 36.5 Å². The van der Waals surface area contributed by atoms with Crippen LogP contribution in [0.15, 0.2) is 47.4 Å². The summed E-state index contributed by atoms with van der Waals surface area (Å²) in [7, 11) is 1.52. The van der Waals surface area contributed by atoms with E-state index < -0.39 is 11.9 Å². The molecule has 4 amide bonds. The minimum Gasteiger partial charge on any atom is -0.478 e. The van der Waals surface area contributed by atoms with E-state index in [1.54, 1.807) is 21.7 Å². The molecule has 3 saturated heterocycles. The van der Waals surface area contributed by atoms with Crippen molar-refractivity contribution in [2.24, 2.45) is 0 Å². The largest absolute Gasteiger partial charge is 0.478 e. The SMILES string of the molecule is CNC(=O)COc1cc2cc(Nc3nc(N4CCC(OC5CCC5)CC4)ncc3Cl)ccc2n(C(C)C)c1=O.O=C1CCC(N2Cc3c(ccc(C4CCNCC4)c3Cl)C2=O)C(=O)N1. The molecule has 16 nitrogen and oxygen atoms in total. The summed E-state index contributed by atoms with van der Waals surface area (Å²) < 4.78 is 13.4. The standard InChI is InChI=1S/C28H35ClN6O4.C18H20ClN3O3/c1-17(2)35-23-8-7-19(13-18(23)14-24(27(35)37)38-16-25(36)30-3)32-26-22(29)15-31-28(33-26)34-11-9-21(10-12-34)39-20-5-4-6-20;19-16-11(10-5-7-20-8-6-10)1-2-12-13(16)9-22(18(12)25)14-3-4-15(23)21-17(14)24/h7-8,13-15,17,20-21H,4-6,9-12,16H2,1-3H3,(H,30,36)(H,31,32,33);1-2,10,14,20H,3-9H2,(H,21,23,24). The molecule has 2 aromatic carbocycles. The quantitative estimate of drug-likeness (QED) is 0.129. The van der Waals surface area contributed by atoms with E-state index in [1.807, 2.05) is 44.2 Å². The molecule has 1 atom stereocenters. The smallest absolute Gasteiger partial charge is 0.293 e. The van der Waals surface area contributed by atoms with Crippen molar-refractivity contribution in [3.05, 3.63) is 79.7 Å². The molecular weight excluding hydrogens is 861 g/mol. The van der Waals surface area contributed by atoms with Crippen LogP contribution in [0.2, 0.25) is 10.0 Å². The number of likely N-dealkylation sites (N-methyl/N-ethyl adjacent to an activating group) is 1. The third-order valence-electron chi connectivity index (χ3n) is 12.8. The first kappa shape index (κ1) is 45.3. The zero-order valence-electron chi connectivity index (χ0n) is 36.4. The van der Waals surface area contributed by atoms with Gasteiger partial charge in [0.05, 0.1) is 23.9 Å². The predicted octanol–water partition coefficient (Wildman–Crippen LogP) is 6.00. The number of benzene rings is 2. The second-order valence-electron chi connectivity index (χ2n) is 17.3. The molecule has 0 radical (unpaired) electrons. The van der Waals surface area contributed by atoms with Crippen molar-refractivity contribution >= 4 is 75.2 Å².